The first-order valence-corrected chi connectivity index (χ1v) is 13.1. The largest absolute Gasteiger partial charge is 0.457 e. The van der Waals surface area contributed by atoms with Gasteiger partial charge in [0, 0.05) is 42.1 Å². The van der Waals surface area contributed by atoms with E-state index in [1.165, 1.54) is 0 Å². The number of carbonyl (C=O) groups excluding carboxylic acids is 2. The van der Waals surface area contributed by atoms with Crippen molar-refractivity contribution in [3.8, 4) is 11.4 Å². The number of aliphatic hydroxyl groups excluding tert-OH is 1. The number of esters is 1. The number of nitrogens with zero attached hydrogens (tertiary/aromatic N) is 5. The molecule has 6 rings (SSSR count). The van der Waals surface area contributed by atoms with E-state index in [4.69, 9.17) is 29.2 Å². The van der Waals surface area contributed by atoms with Crippen molar-refractivity contribution in [2.75, 3.05) is 73.1 Å². The van der Waals surface area contributed by atoms with E-state index in [1.807, 2.05) is 17.0 Å². The zero-order valence-corrected chi connectivity index (χ0v) is 21.7. The second-order valence-electron chi connectivity index (χ2n) is 9.57. The summed E-state index contributed by atoms with van der Waals surface area (Å²) in [5.41, 5.74) is 3.14. The standard InChI is InChI=1S/C27H29N7O6/c35-14-21-16-39-12-9-34(21)26-31-23(30-25(32-26)33-7-10-38-11-8-33)17-1-3-19(4-2-17)28-27(37)29-20-5-6-22-18(13-20)15-40-24(22)36/h1-6,13,21,35H,7-12,14-16H2,(H2,28,29,37)/t21-/m1/s1. The van der Waals surface area contributed by atoms with Crippen molar-refractivity contribution < 1.29 is 28.9 Å². The molecule has 3 aromatic rings. The van der Waals surface area contributed by atoms with Crippen LogP contribution in [0.2, 0.25) is 0 Å². The number of urea groups is 1. The number of ether oxygens (including phenoxy) is 3. The average Bonchev–Trinajstić information content (AvgIpc) is 3.37. The monoisotopic (exact) mass is 547 g/mol. The molecular weight excluding hydrogens is 518 g/mol. The second-order valence-corrected chi connectivity index (χ2v) is 9.57. The lowest BCUT2D eigenvalue weighted by Gasteiger charge is -2.35. The number of amides is 2. The van der Waals surface area contributed by atoms with Crippen molar-refractivity contribution in [2.45, 2.75) is 12.6 Å². The molecular formula is C27H29N7O6. The van der Waals surface area contributed by atoms with Crippen LogP contribution in [0.1, 0.15) is 15.9 Å². The molecule has 0 unspecified atom stereocenters. The molecule has 13 nitrogen and oxygen atoms in total. The van der Waals surface area contributed by atoms with E-state index < -0.39 is 6.03 Å². The number of aromatic nitrogens is 3. The van der Waals surface area contributed by atoms with Gasteiger partial charge in [-0.05, 0) is 42.5 Å². The zero-order valence-electron chi connectivity index (χ0n) is 21.7. The molecule has 2 fully saturated rings. The van der Waals surface area contributed by atoms with Crippen LogP contribution in [-0.2, 0) is 20.8 Å². The minimum atomic E-state index is -0.419. The summed E-state index contributed by atoms with van der Waals surface area (Å²) < 4.78 is 16.0. The molecule has 1 aromatic heterocycles. The zero-order chi connectivity index (χ0) is 27.5. The third-order valence-corrected chi connectivity index (χ3v) is 6.94. The molecule has 2 saturated heterocycles. The molecule has 3 aliphatic rings. The highest BCUT2D eigenvalue weighted by Crippen LogP contribution is 2.26. The van der Waals surface area contributed by atoms with E-state index in [9.17, 15) is 14.7 Å². The Kier molecular flexibility index (Phi) is 7.40. The van der Waals surface area contributed by atoms with E-state index in [0.29, 0.717) is 80.7 Å². The van der Waals surface area contributed by atoms with E-state index >= 15 is 0 Å². The second kappa shape index (κ2) is 11.4. The number of morpholine rings is 2. The van der Waals surface area contributed by atoms with Gasteiger partial charge in [0.05, 0.1) is 44.6 Å². The van der Waals surface area contributed by atoms with Crippen molar-refractivity contribution in [3.05, 3.63) is 53.6 Å². The van der Waals surface area contributed by atoms with Crippen LogP contribution in [0, 0.1) is 0 Å². The number of cyclic esters (lactones) is 1. The molecule has 0 aliphatic carbocycles. The third-order valence-electron chi connectivity index (χ3n) is 6.94. The van der Waals surface area contributed by atoms with E-state index in [-0.39, 0.29) is 25.2 Å². The van der Waals surface area contributed by atoms with Gasteiger partial charge in [-0.1, -0.05) is 0 Å². The molecule has 4 heterocycles. The normalized spacial score (nSPS) is 18.7. The molecule has 3 N–H and O–H groups in total. The van der Waals surface area contributed by atoms with E-state index in [1.54, 1.807) is 30.3 Å². The molecule has 1 atom stereocenters. The van der Waals surface area contributed by atoms with Crippen LogP contribution >= 0.6 is 0 Å². The van der Waals surface area contributed by atoms with Gasteiger partial charge in [0.2, 0.25) is 11.9 Å². The average molecular weight is 548 g/mol. The summed E-state index contributed by atoms with van der Waals surface area (Å²) in [5.74, 6) is 1.17. The lowest BCUT2D eigenvalue weighted by atomic mass is 10.1. The van der Waals surface area contributed by atoms with Crippen molar-refractivity contribution in [3.63, 3.8) is 0 Å². The van der Waals surface area contributed by atoms with E-state index in [0.717, 1.165) is 11.1 Å². The van der Waals surface area contributed by atoms with Crippen LogP contribution in [0.4, 0.5) is 28.1 Å². The Bertz CT molecular complexity index is 1400. The number of hydrogen-bond acceptors (Lipinski definition) is 11. The first-order chi connectivity index (χ1) is 19.6. The summed E-state index contributed by atoms with van der Waals surface area (Å²) in [6.45, 7) is 4.11. The predicted octanol–water partition coefficient (Wildman–Crippen LogP) is 1.89. The third kappa shape index (κ3) is 5.52. The molecule has 208 valence electrons. The Morgan fingerprint density at radius 3 is 2.45 bits per heavy atom. The molecule has 0 radical (unpaired) electrons. The Morgan fingerprint density at radius 1 is 0.925 bits per heavy atom. The van der Waals surface area contributed by atoms with Gasteiger partial charge in [-0.25, -0.2) is 9.59 Å². The summed E-state index contributed by atoms with van der Waals surface area (Å²) in [7, 11) is 0. The topological polar surface area (TPSA) is 151 Å². The first kappa shape index (κ1) is 25.9. The van der Waals surface area contributed by atoms with Crippen molar-refractivity contribution in [1.82, 2.24) is 15.0 Å². The number of anilines is 4. The Morgan fingerprint density at radius 2 is 1.65 bits per heavy atom. The van der Waals surface area contributed by atoms with Gasteiger partial charge in [0.15, 0.2) is 5.82 Å². The summed E-state index contributed by atoms with van der Waals surface area (Å²) in [5, 5.41) is 15.5. The number of hydrogen-bond donors (Lipinski definition) is 3. The lowest BCUT2D eigenvalue weighted by molar-refractivity contribution is 0.0535. The Labute approximate surface area is 230 Å². The van der Waals surface area contributed by atoms with Gasteiger partial charge in [-0.15, -0.1) is 0 Å². The van der Waals surface area contributed by atoms with Crippen LogP contribution in [0.3, 0.4) is 0 Å². The van der Waals surface area contributed by atoms with Gasteiger partial charge in [-0.3, -0.25) is 0 Å². The van der Waals surface area contributed by atoms with Crippen LogP contribution in [0.25, 0.3) is 11.4 Å². The van der Waals surface area contributed by atoms with Gasteiger partial charge < -0.3 is 39.8 Å². The molecule has 2 amide bonds. The quantitative estimate of drug-likeness (QED) is 0.388. The molecule has 0 saturated carbocycles. The number of nitrogens with one attached hydrogen (secondary N) is 2. The summed E-state index contributed by atoms with van der Waals surface area (Å²) in [6, 6.07) is 11.6. The predicted molar refractivity (Wildman–Crippen MR) is 146 cm³/mol. The van der Waals surface area contributed by atoms with E-state index in [2.05, 4.69) is 15.5 Å². The molecule has 0 spiro atoms. The van der Waals surface area contributed by atoms with Gasteiger partial charge >= 0.3 is 12.0 Å². The highest BCUT2D eigenvalue weighted by Gasteiger charge is 2.27. The fourth-order valence-electron chi connectivity index (χ4n) is 4.79. The van der Waals surface area contributed by atoms with Gasteiger partial charge in [0.25, 0.3) is 0 Å². The number of rotatable bonds is 6. The van der Waals surface area contributed by atoms with Crippen molar-refractivity contribution in [2.24, 2.45) is 0 Å². The lowest BCUT2D eigenvalue weighted by Crippen LogP contribution is -2.48. The smallest absolute Gasteiger partial charge is 0.338 e. The van der Waals surface area contributed by atoms with Gasteiger partial charge in [0.1, 0.15) is 6.61 Å². The summed E-state index contributed by atoms with van der Waals surface area (Å²) >= 11 is 0. The molecule has 2 aromatic carbocycles. The number of benzene rings is 2. The number of aliphatic hydroxyl groups is 1. The number of fused-ring (bicyclic) bond motifs is 1. The molecule has 40 heavy (non-hydrogen) atoms. The van der Waals surface area contributed by atoms with Crippen molar-refractivity contribution >= 4 is 35.3 Å². The van der Waals surface area contributed by atoms with Crippen LogP contribution in [-0.4, -0.2) is 90.8 Å². The summed E-state index contributed by atoms with van der Waals surface area (Å²) in [4.78, 5) is 42.5. The maximum Gasteiger partial charge on any atom is 0.338 e. The van der Waals surface area contributed by atoms with Crippen LogP contribution < -0.4 is 20.4 Å². The highest BCUT2D eigenvalue weighted by molar-refractivity contribution is 6.01. The minimum absolute atomic E-state index is 0.0757. The van der Waals surface area contributed by atoms with Gasteiger partial charge in [-0.2, -0.15) is 15.0 Å². The fraction of sp³-hybridized carbons (Fsp3) is 0.370. The Balaban J connectivity index is 1.20. The summed E-state index contributed by atoms with van der Waals surface area (Å²) in [6.07, 6.45) is 0. The minimum Gasteiger partial charge on any atom is -0.457 e. The van der Waals surface area contributed by atoms with Crippen molar-refractivity contribution in [1.29, 1.82) is 0 Å². The maximum absolute atomic E-state index is 12.6. The SMILES string of the molecule is O=C(Nc1ccc(-c2nc(N3CCOCC3)nc(N3CCOC[C@H]3CO)n2)cc1)Nc1ccc2c(c1)COC2=O. The molecule has 13 heteroatoms. The maximum atomic E-state index is 12.6. The highest BCUT2D eigenvalue weighted by atomic mass is 16.5. The fourth-order valence-corrected chi connectivity index (χ4v) is 4.79. The molecule has 0 bridgehead atoms. The number of carbonyl (C=O) groups is 2. The molecule has 3 aliphatic heterocycles. The van der Waals surface area contributed by atoms with Crippen LogP contribution in [0.5, 0.6) is 0 Å². The first-order valence-electron chi connectivity index (χ1n) is 13.1. The van der Waals surface area contributed by atoms with Crippen LogP contribution in [0.15, 0.2) is 42.5 Å². The Hall–Kier alpha value is -4.33.